The molecule has 0 bridgehead atoms. The molecule has 4 amide bonds. The molecule has 0 aliphatic carbocycles. The van der Waals surface area contributed by atoms with E-state index in [-0.39, 0.29) is 0 Å². The number of primary amides is 4. The molecule has 0 aromatic carbocycles. The summed E-state index contributed by atoms with van der Waals surface area (Å²) in [5, 5.41) is 36.6. The Morgan fingerprint density at radius 3 is 0.591 bits per heavy atom. The van der Waals surface area contributed by atoms with Crippen molar-refractivity contribution >= 4 is 23.6 Å². The van der Waals surface area contributed by atoms with Crippen LogP contribution in [0.1, 0.15) is 0 Å². The normalized spacial score (nSPS) is 7.00. The van der Waals surface area contributed by atoms with Gasteiger partial charge < -0.3 is 43.4 Å². The topological polar surface area (TPSA) is 282 Å². The van der Waals surface area contributed by atoms with Gasteiger partial charge in [0.15, 0.2) is 0 Å². The summed E-state index contributed by atoms with van der Waals surface area (Å²) in [4.78, 5) is 37.1. The van der Waals surface area contributed by atoms with Crippen LogP contribution in [0.3, 0.4) is 0 Å². The first-order valence-corrected chi connectivity index (χ1v) is 5.53. The van der Waals surface area contributed by atoms with Crippen LogP contribution in [0.2, 0.25) is 0 Å². The van der Waals surface area contributed by atoms with E-state index in [0.29, 0.717) is 19.8 Å². The minimum absolute atomic E-state index is 0.700. The third-order valence-electron chi connectivity index (χ3n) is 0.569. The summed E-state index contributed by atoms with van der Waals surface area (Å²) in [5.74, 6) is -3.20. The fraction of sp³-hybridized carbons (Fsp3) is 0.500. The van der Waals surface area contributed by atoms with Gasteiger partial charge in [0.25, 0.3) is 0 Å². The molecule has 0 fully saturated rings. The average Bonchev–Trinajstić information content (AvgIpc) is 2.50. The van der Waals surface area contributed by atoms with Gasteiger partial charge in [0.1, 0.15) is 0 Å². The number of amides is 4. The van der Waals surface area contributed by atoms with Gasteiger partial charge in [0.05, 0.1) is 0 Å². The van der Waals surface area contributed by atoms with E-state index in [4.69, 9.17) is 23.8 Å². The zero-order valence-electron chi connectivity index (χ0n) is 11.2. The third kappa shape index (κ3) is 140. The van der Waals surface area contributed by atoms with E-state index in [1.54, 1.807) is 0 Å². The standard InChI is InChI=1S/4C2H4NO2.Mo.O/c4*3-2(5)1-4;;/h4*1H2,(H2,3,5);;/q4*-1;+4;. The molecule has 128 valence electrons. The van der Waals surface area contributed by atoms with Crippen LogP contribution in [0, 0.1) is 0 Å². The van der Waals surface area contributed by atoms with Crippen molar-refractivity contribution in [1.29, 1.82) is 0 Å². The van der Waals surface area contributed by atoms with Gasteiger partial charge in [-0.05, 0) is 0 Å². The SMILES string of the molecule is NC(=O)C[O-].NC(=O)C[O-].NC(=O)C[O-].NC(=O)C[O-].[O]=[Mo+4]. The Labute approximate surface area is 136 Å². The summed E-state index contributed by atoms with van der Waals surface area (Å²) in [5.41, 5.74) is 17.4. The zero-order valence-corrected chi connectivity index (χ0v) is 13.2. The number of carbonyl (C=O) groups excluding carboxylic acids is 4. The molecule has 0 heterocycles. The molecular weight excluding hydrogens is 392 g/mol. The monoisotopic (exact) mass is 410 g/mol. The van der Waals surface area contributed by atoms with E-state index in [9.17, 15) is 19.2 Å². The van der Waals surface area contributed by atoms with Crippen molar-refractivity contribution in [1.82, 2.24) is 0 Å². The minimum atomic E-state index is -0.806. The van der Waals surface area contributed by atoms with Crippen molar-refractivity contribution < 1.29 is 62.8 Å². The molecular formula is C8H16MoN4O9. The summed E-state index contributed by atoms with van der Waals surface area (Å²) >= 11 is 0.700. The third-order valence-corrected chi connectivity index (χ3v) is 0.569. The number of rotatable bonds is 4. The van der Waals surface area contributed by atoms with Crippen molar-refractivity contribution in [2.45, 2.75) is 0 Å². The molecule has 13 nitrogen and oxygen atoms in total. The maximum absolute atomic E-state index is 9.28. The van der Waals surface area contributed by atoms with Gasteiger partial charge in [-0.25, -0.2) is 0 Å². The molecule has 0 aromatic rings. The Bertz CT molecular complexity index is 247. The average molecular weight is 408 g/mol. The molecule has 0 unspecified atom stereocenters. The molecule has 0 aromatic heterocycles. The van der Waals surface area contributed by atoms with Crippen LogP contribution in [0.25, 0.3) is 0 Å². The second kappa shape index (κ2) is 31.5. The second-order valence-electron chi connectivity index (χ2n) is 2.44. The Kier molecular flexibility index (Phi) is 46.2. The Morgan fingerprint density at radius 1 is 0.545 bits per heavy atom. The molecule has 0 radical (unpaired) electrons. The first-order valence-electron chi connectivity index (χ1n) is 4.71. The van der Waals surface area contributed by atoms with Crippen LogP contribution in [-0.2, 0) is 42.4 Å². The number of hydrogen-bond acceptors (Lipinski definition) is 9. The predicted molar refractivity (Wildman–Crippen MR) is 56.9 cm³/mol. The molecule has 22 heavy (non-hydrogen) atoms. The van der Waals surface area contributed by atoms with E-state index in [1.807, 2.05) is 0 Å². The summed E-state index contributed by atoms with van der Waals surface area (Å²) in [6, 6.07) is 0. The van der Waals surface area contributed by atoms with E-state index in [2.05, 4.69) is 22.9 Å². The first-order chi connectivity index (χ1) is 10.1. The molecule has 0 atom stereocenters. The second-order valence-corrected chi connectivity index (χ2v) is 2.44. The number of carbonyl (C=O) groups is 4. The molecule has 14 heteroatoms. The fourth-order valence-electron chi connectivity index (χ4n) is 0. The van der Waals surface area contributed by atoms with Gasteiger partial charge in [-0.1, -0.05) is 26.4 Å². The van der Waals surface area contributed by atoms with Crippen LogP contribution in [0.4, 0.5) is 0 Å². The van der Waals surface area contributed by atoms with Crippen LogP contribution in [0.5, 0.6) is 0 Å². The van der Waals surface area contributed by atoms with Crippen molar-refractivity contribution in [3.63, 3.8) is 0 Å². The van der Waals surface area contributed by atoms with Crippen molar-refractivity contribution in [3.05, 3.63) is 0 Å². The fourth-order valence-corrected chi connectivity index (χ4v) is 0. The molecule has 0 saturated heterocycles. The van der Waals surface area contributed by atoms with Crippen molar-refractivity contribution in [3.8, 4) is 0 Å². The summed E-state index contributed by atoms with van der Waals surface area (Å²) in [6.45, 7) is -3.22. The van der Waals surface area contributed by atoms with Crippen molar-refractivity contribution in [2.24, 2.45) is 22.9 Å². The molecule has 8 N–H and O–H groups in total. The molecule has 0 rings (SSSR count). The van der Waals surface area contributed by atoms with Gasteiger partial charge in [0, 0.05) is 0 Å². The summed E-state index contributed by atoms with van der Waals surface area (Å²) < 4.78 is 8.26. The first kappa shape index (κ1) is 32.2. The maximum atomic E-state index is 9.28. The van der Waals surface area contributed by atoms with E-state index >= 15 is 0 Å². The van der Waals surface area contributed by atoms with Gasteiger partial charge in [0.2, 0.25) is 23.6 Å². The van der Waals surface area contributed by atoms with Gasteiger partial charge >= 0.3 is 23.2 Å². The van der Waals surface area contributed by atoms with Crippen LogP contribution in [-0.4, -0.2) is 50.1 Å². The van der Waals surface area contributed by atoms with E-state index < -0.39 is 50.1 Å². The Morgan fingerprint density at radius 2 is 0.591 bits per heavy atom. The van der Waals surface area contributed by atoms with E-state index in [1.165, 1.54) is 0 Å². The van der Waals surface area contributed by atoms with Crippen LogP contribution >= 0.6 is 0 Å². The molecule has 0 spiro atoms. The summed E-state index contributed by atoms with van der Waals surface area (Å²) in [7, 11) is 0. The van der Waals surface area contributed by atoms with Gasteiger partial charge in [-0.2, -0.15) is 0 Å². The van der Waals surface area contributed by atoms with E-state index in [0.717, 1.165) is 0 Å². The zero-order chi connectivity index (χ0) is 19.1. The predicted octanol–water partition coefficient (Wildman–Crippen LogP) is -8.79. The number of hydrogen-bond donors (Lipinski definition) is 4. The van der Waals surface area contributed by atoms with Crippen molar-refractivity contribution in [2.75, 3.05) is 26.4 Å². The summed E-state index contributed by atoms with van der Waals surface area (Å²) in [6.07, 6.45) is 0. The Hall–Kier alpha value is -1.79. The van der Waals surface area contributed by atoms with Crippen LogP contribution in [0.15, 0.2) is 0 Å². The quantitative estimate of drug-likeness (QED) is 0.321. The van der Waals surface area contributed by atoms with Crippen LogP contribution < -0.4 is 43.4 Å². The van der Waals surface area contributed by atoms with Gasteiger partial charge in [-0.3, -0.25) is 19.2 Å². The molecule has 0 aliphatic rings. The Balaban J connectivity index is -0.0000000562. The molecule has 0 saturated carbocycles. The van der Waals surface area contributed by atoms with Gasteiger partial charge in [-0.15, -0.1) is 0 Å². The molecule has 0 aliphatic heterocycles. The number of nitrogens with two attached hydrogens (primary N) is 4.